The number of carbonyl (C=O) groups is 2. The highest BCUT2D eigenvalue weighted by Crippen LogP contribution is 2.13. The molecule has 0 bridgehead atoms. The molecule has 1 aromatic heterocycles. The first-order chi connectivity index (χ1) is 11.1. The highest BCUT2D eigenvalue weighted by molar-refractivity contribution is 8.00. The second-order valence-corrected chi connectivity index (χ2v) is 6.58. The van der Waals surface area contributed by atoms with Gasteiger partial charge in [-0.15, -0.1) is 11.8 Å². The molecule has 0 saturated carbocycles. The maximum absolute atomic E-state index is 12.4. The third-order valence-corrected chi connectivity index (χ3v) is 4.53. The molecule has 8 heteroatoms. The van der Waals surface area contributed by atoms with Crippen LogP contribution in [0.5, 0.6) is 0 Å². The molecule has 7 nitrogen and oxygen atoms in total. The van der Waals surface area contributed by atoms with Crippen LogP contribution in [0.1, 0.15) is 25.5 Å². The zero-order chi connectivity index (χ0) is 16.7. The van der Waals surface area contributed by atoms with Gasteiger partial charge in [0.1, 0.15) is 5.76 Å². The zero-order valence-corrected chi connectivity index (χ0v) is 14.4. The Bertz CT molecular complexity index is 529. The van der Waals surface area contributed by atoms with Crippen molar-refractivity contribution in [2.24, 2.45) is 0 Å². The Kier molecular flexibility index (Phi) is 6.91. The molecule has 128 valence electrons. The summed E-state index contributed by atoms with van der Waals surface area (Å²) in [6, 6.07) is 1.94. The van der Waals surface area contributed by atoms with Crippen LogP contribution in [0.15, 0.2) is 10.6 Å². The number of nitrogens with zero attached hydrogens (tertiary/aromatic N) is 2. The molecule has 1 aromatic rings. The molecule has 2 heterocycles. The minimum atomic E-state index is -0.180. The smallest absolute Gasteiger partial charge is 0.235 e. The van der Waals surface area contributed by atoms with E-state index in [0.717, 1.165) is 32.5 Å². The van der Waals surface area contributed by atoms with Gasteiger partial charge in [0.25, 0.3) is 0 Å². The van der Waals surface area contributed by atoms with E-state index in [1.165, 1.54) is 11.8 Å². The standard InChI is InChI=1S/C15H24N4O3S/c1-3-6-19(12-4-5-16-8-12)15(21)10-23-9-14(20)17-13-7-11(2)22-18-13/h7,12,16H,3-6,8-10H2,1-2H3,(H,17,18,20). The number of aromatic nitrogens is 1. The summed E-state index contributed by atoms with van der Waals surface area (Å²) >= 11 is 1.33. The lowest BCUT2D eigenvalue weighted by Crippen LogP contribution is -2.43. The third-order valence-electron chi connectivity index (χ3n) is 3.61. The largest absolute Gasteiger partial charge is 0.360 e. The Morgan fingerprint density at radius 3 is 2.96 bits per heavy atom. The summed E-state index contributed by atoms with van der Waals surface area (Å²) in [7, 11) is 0. The van der Waals surface area contributed by atoms with E-state index in [1.54, 1.807) is 13.0 Å². The summed E-state index contributed by atoms with van der Waals surface area (Å²) in [5.41, 5.74) is 0. The van der Waals surface area contributed by atoms with E-state index >= 15 is 0 Å². The van der Waals surface area contributed by atoms with Gasteiger partial charge in [0.05, 0.1) is 11.5 Å². The van der Waals surface area contributed by atoms with Crippen molar-refractivity contribution >= 4 is 29.4 Å². The van der Waals surface area contributed by atoms with Crippen LogP contribution < -0.4 is 10.6 Å². The third kappa shape index (κ3) is 5.54. The number of nitrogens with one attached hydrogen (secondary N) is 2. The topological polar surface area (TPSA) is 87.5 Å². The first-order valence-corrected chi connectivity index (χ1v) is 9.06. The molecule has 2 N–H and O–H groups in total. The van der Waals surface area contributed by atoms with Crippen molar-refractivity contribution in [1.82, 2.24) is 15.4 Å². The van der Waals surface area contributed by atoms with Crippen molar-refractivity contribution in [2.75, 3.05) is 36.5 Å². The molecule has 0 spiro atoms. The van der Waals surface area contributed by atoms with Gasteiger partial charge >= 0.3 is 0 Å². The molecule has 0 aliphatic carbocycles. The maximum atomic E-state index is 12.4. The number of carbonyl (C=O) groups excluding carboxylic acids is 2. The van der Waals surface area contributed by atoms with Gasteiger partial charge in [-0.3, -0.25) is 9.59 Å². The summed E-state index contributed by atoms with van der Waals surface area (Å²) in [6.45, 7) is 6.43. The minimum Gasteiger partial charge on any atom is -0.360 e. The van der Waals surface area contributed by atoms with Gasteiger partial charge in [0.2, 0.25) is 11.8 Å². The average molecular weight is 340 g/mol. The van der Waals surface area contributed by atoms with Gasteiger partial charge in [-0.05, 0) is 26.3 Å². The van der Waals surface area contributed by atoms with Crippen LogP contribution in [0.2, 0.25) is 0 Å². The first kappa shape index (κ1) is 17.8. The normalized spacial score (nSPS) is 17.2. The van der Waals surface area contributed by atoms with Gasteiger partial charge in [-0.1, -0.05) is 12.1 Å². The maximum Gasteiger partial charge on any atom is 0.235 e. The molecule has 0 aromatic carbocycles. The quantitative estimate of drug-likeness (QED) is 0.741. The van der Waals surface area contributed by atoms with Crippen LogP contribution in [-0.2, 0) is 9.59 Å². The molecule has 1 aliphatic rings. The summed E-state index contributed by atoms with van der Waals surface area (Å²) in [6.07, 6.45) is 1.95. The zero-order valence-electron chi connectivity index (χ0n) is 13.6. The van der Waals surface area contributed by atoms with E-state index in [-0.39, 0.29) is 23.6 Å². The summed E-state index contributed by atoms with van der Waals surface area (Å²) in [5, 5.41) is 9.64. The van der Waals surface area contributed by atoms with Crippen molar-refractivity contribution in [2.45, 2.75) is 32.7 Å². The van der Waals surface area contributed by atoms with E-state index in [4.69, 9.17) is 4.52 Å². The molecule has 0 radical (unpaired) electrons. The Morgan fingerprint density at radius 2 is 2.35 bits per heavy atom. The van der Waals surface area contributed by atoms with Crippen molar-refractivity contribution in [3.63, 3.8) is 0 Å². The summed E-state index contributed by atoms with van der Waals surface area (Å²) in [5.74, 6) is 1.52. The Morgan fingerprint density at radius 1 is 1.52 bits per heavy atom. The van der Waals surface area contributed by atoms with E-state index < -0.39 is 0 Å². The SMILES string of the molecule is CCCN(C(=O)CSCC(=O)Nc1cc(C)on1)C1CCNC1. The predicted molar refractivity (Wildman–Crippen MR) is 90.5 cm³/mol. The van der Waals surface area contributed by atoms with Gasteiger partial charge < -0.3 is 20.1 Å². The van der Waals surface area contributed by atoms with E-state index in [2.05, 4.69) is 22.7 Å². The van der Waals surface area contributed by atoms with Gasteiger partial charge in [-0.2, -0.15) is 0 Å². The van der Waals surface area contributed by atoms with Gasteiger partial charge in [-0.25, -0.2) is 0 Å². The van der Waals surface area contributed by atoms with E-state index in [1.807, 2.05) is 4.90 Å². The second-order valence-electron chi connectivity index (χ2n) is 5.60. The number of thioether (sulfide) groups is 1. The Hall–Kier alpha value is -1.54. The van der Waals surface area contributed by atoms with Crippen LogP contribution >= 0.6 is 11.8 Å². The molecule has 1 fully saturated rings. The molecule has 2 amide bonds. The van der Waals surface area contributed by atoms with Gasteiger partial charge in [0.15, 0.2) is 5.82 Å². The summed E-state index contributed by atoms with van der Waals surface area (Å²) in [4.78, 5) is 26.1. The lowest BCUT2D eigenvalue weighted by atomic mass is 10.2. The van der Waals surface area contributed by atoms with Crippen molar-refractivity contribution in [3.8, 4) is 0 Å². The number of aryl methyl sites for hydroxylation is 1. The fraction of sp³-hybridized carbons (Fsp3) is 0.667. The second kappa shape index (κ2) is 8.93. The van der Waals surface area contributed by atoms with Crippen LogP contribution in [0, 0.1) is 6.92 Å². The van der Waals surface area contributed by atoms with E-state index in [0.29, 0.717) is 17.3 Å². The number of rotatable bonds is 8. The molecule has 2 rings (SSSR count). The molecule has 1 aliphatic heterocycles. The number of anilines is 1. The van der Waals surface area contributed by atoms with Gasteiger partial charge in [0, 0.05) is 25.2 Å². The first-order valence-electron chi connectivity index (χ1n) is 7.91. The minimum absolute atomic E-state index is 0.107. The van der Waals surface area contributed by atoms with Crippen LogP contribution in [0.4, 0.5) is 5.82 Å². The Balaban J connectivity index is 1.72. The van der Waals surface area contributed by atoms with Crippen LogP contribution in [0.3, 0.4) is 0 Å². The van der Waals surface area contributed by atoms with Crippen molar-refractivity contribution in [3.05, 3.63) is 11.8 Å². The Labute approximate surface area is 140 Å². The monoisotopic (exact) mass is 340 g/mol. The predicted octanol–water partition coefficient (Wildman–Crippen LogP) is 1.26. The number of hydrogen-bond acceptors (Lipinski definition) is 6. The fourth-order valence-corrected chi connectivity index (χ4v) is 3.28. The van der Waals surface area contributed by atoms with Crippen LogP contribution in [-0.4, -0.2) is 59.1 Å². The highest BCUT2D eigenvalue weighted by Gasteiger charge is 2.25. The number of amides is 2. The fourth-order valence-electron chi connectivity index (χ4n) is 2.58. The molecule has 1 unspecified atom stereocenters. The molecule has 1 saturated heterocycles. The van der Waals surface area contributed by atoms with Crippen molar-refractivity contribution < 1.29 is 14.1 Å². The lowest BCUT2D eigenvalue weighted by molar-refractivity contribution is -0.130. The summed E-state index contributed by atoms with van der Waals surface area (Å²) < 4.78 is 4.89. The van der Waals surface area contributed by atoms with Crippen LogP contribution in [0.25, 0.3) is 0 Å². The molecular weight excluding hydrogens is 316 g/mol. The number of hydrogen-bond donors (Lipinski definition) is 2. The molecule has 23 heavy (non-hydrogen) atoms. The van der Waals surface area contributed by atoms with E-state index in [9.17, 15) is 9.59 Å². The molecular formula is C15H24N4O3S. The highest BCUT2D eigenvalue weighted by atomic mass is 32.2. The molecule has 1 atom stereocenters. The lowest BCUT2D eigenvalue weighted by Gasteiger charge is -2.28. The van der Waals surface area contributed by atoms with Crippen molar-refractivity contribution in [1.29, 1.82) is 0 Å². The average Bonchev–Trinajstić information content (AvgIpc) is 3.16.